The maximum absolute atomic E-state index is 13.3. The third-order valence-electron chi connectivity index (χ3n) is 5.94. The molecule has 4 aromatic rings. The molecule has 0 radical (unpaired) electrons. The van der Waals surface area contributed by atoms with Crippen molar-refractivity contribution < 1.29 is 28.7 Å². The molecule has 0 saturated carbocycles. The number of ether oxygens (including phenoxy) is 2. The lowest BCUT2D eigenvalue weighted by atomic mass is 10.1. The first-order valence-corrected chi connectivity index (χ1v) is 10.8. The first-order chi connectivity index (χ1) is 16.4. The Kier molecular flexibility index (Phi) is 5.45. The molecule has 2 aromatic carbocycles. The second-order valence-electron chi connectivity index (χ2n) is 8.22. The number of nitrogens with zero attached hydrogens (tertiary/aromatic N) is 3. The number of hydrogen-bond donors (Lipinski definition) is 1. The molecule has 174 valence electrons. The maximum atomic E-state index is 13.3. The number of fused-ring (bicyclic) bond motifs is 2. The zero-order valence-electron chi connectivity index (χ0n) is 18.7. The number of carbonyl (C=O) groups excluding carboxylic acids is 1. The van der Waals surface area contributed by atoms with Crippen LogP contribution in [0.2, 0.25) is 0 Å². The number of benzene rings is 2. The van der Waals surface area contributed by atoms with Crippen LogP contribution in [0, 0.1) is 6.92 Å². The summed E-state index contributed by atoms with van der Waals surface area (Å²) in [7, 11) is 1.99. The molecule has 0 aliphatic carbocycles. The fourth-order valence-corrected chi connectivity index (χ4v) is 4.37. The molecule has 0 amide bonds. The molecular weight excluding hydrogens is 438 g/mol. The Labute approximate surface area is 195 Å². The average molecular weight is 461 g/mol. The highest BCUT2D eigenvalue weighted by atomic mass is 16.6. The summed E-state index contributed by atoms with van der Waals surface area (Å²) in [6.45, 7) is 2.59. The van der Waals surface area contributed by atoms with E-state index < -0.39 is 11.9 Å². The Morgan fingerprint density at radius 1 is 1.18 bits per heavy atom. The first kappa shape index (κ1) is 21.6. The predicted molar refractivity (Wildman–Crippen MR) is 124 cm³/mol. The molecule has 3 heterocycles. The van der Waals surface area contributed by atoms with Crippen molar-refractivity contribution in [1.29, 1.82) is 0 Å². The van der Waals surface area contributed by atoms with Gasteiger partial charge < -0.3 is 24.0 Å². The Morgan fingerprint density at radius 3 is 2.76 bits per heavy atom. The summed E-state index contributed by atoms with van der Waals surface area (Å²) in [4.78, 5) is 26.7. The number of anilines is 1. The Morgan fingerprint density at radius 2 is 1.94 bits per heavy atom. The Hall–Kier alpha value is -4.27. The van der Waals surface area contributed by atoms with Gasteiger partial charge in [0.1, 0.15) is 12.4 Å². The quantitative estimate of drug-likeness (QED) is 0.465. The van der Waals surface area contributed by atoms with Crippen LogP contribution >= 0.6 is 0 Å². The van der Waals surface area contributed by atoms with Crippen molar-refractivity contribution >= 4 is 28.5 Å². The molecule has 1 aliphatic heterocycles. The molecule has 0 fully saturated rings. The molecule has 1 atom stereocenters. The molecule has 1 N–H and O–H groups in total. The van der Waals surface area contributed by atoms with Gasteiger partial charge in [-0.25, -0.2) is 0 Å². The number of carbonyl (C=O) groups is 2. The molecule has 0 spiro atoms. The predicted octanol–water partition coefficient (Wildman–Crippen LogP) is 3.53. The molecule has 9 heteroatoms. The first-order valence-electron chi connectivity index (χ1n) is 10.8. The van der Waals surface area contributed by atoms with Gasteiger partial charge in [0.2, 0.25) is 5.76 Å². The lowest BCUT2D eigenvalue weighted by Crippen LogP contribution is -2.41. The van der Waals surface area contributed by atoms with Gasteiger partial charge in [-0.15, -0.1) is 0 Å². The summed E-state index contributed by atoms with van der Waals surface area (Å²) in [6, 6.07) is 16.4. The molecule has 0 unspecified atom stereocenters. The summed E-state index contributed by atoms with van der Waals surface area (Å²) >= 11 is 0. The van der Waals surface area contributed by atoms with Crippen molar-refractivity contribution in [3.63, 3.8) is 0 Å². The zero-order valence-corrected chi connectivity index (χ0v) is 18.7. The van der Waals surface area contributed by atoms with E-state index in [9.17, 15) is 14.7 Å². The number of aliphatic carboxylic acids is 1. The molecule has 9 nitrogen and oxygen atoms in total. The normalized spacial score (nSPS) is 15.1. The monoisotopic (exact) mass is 461 g/mol. The fourth-order valence-electron chi connectivity index (χ4n) is 4.37. The van der Waals surface area contributed by atoms with Gasteiger partial charge >= 0.3 is 11.9 Å². The van der Waals surface area contributed by atoms with Crippen molar-refractivity contribution in [3.05, 3.63) is 71.6 Å². The summed E-state index contributed by atoms with van der Waals surface area (Å²) < 4.78 is 18.5. The molecule has 0 saturated heterocycles. The lowest BCUT2D eigenvalue weighted by Gasteiger charge is -2.33. The summed E-state index contributed by atoms with van der Waals surface area (Å²) in [6.07, 6.45) is -0.402. The van der Waals surface area contributed by atoms with Crippen molar-refractivity contribution in [2.75, 3.05) is 25.1 Å². The second kappa shape index (κ2) is 8.58. The van der Waals surface area contributed by atoms with Gasteiger partial charge in [0.25, 0.3) is 5.88 Å². The standard InChI is InChI=1S/C25H23N3O6/c1-15-18(11-24(29)30)17-7-3-4-8-19(17)28(15)25(31)22-12-23(26-34-22)32-14-16-13-27(2)20-9-5-6-10-21(20)33-16/h3-10,12,16H,11,13-14H2,1-2H3,(H,29,30)/t16-/m0/s1. The molecule has 0 bridgehead atoms. The minimum Gasteiger partial charge on any atom is -0.483 e. The highest BCUT2D eigenvalue weighted by Gasteiger charge is 2.26. The third kappa shape index (κ3) is 3.85. The number of para-hydroxylation sites is 3. The summed E-state index contributed by atoms with van der Waals surface area (Å²) in [5, 5.41) is 13.9. The van der Waals surface area contributed by atoms with Gasteiger partial charge in [-0.05, 0) is 35.8 Å². The second-order valence-corrected chi connectivity index (χ2v) is 8.22. The van der Waals surface area contributed by atoms with E-state index in [0.717, 1.165) is 11.4 Å². The molecule has 1 aliphatic rings. The maximum Gasteiger partial charge on any atom is 0.307 e. The molecule has 34 heavy (non-hydrogen) atoms. The fraction of sp³-hybridized carbons (Fsp3) is 0.240. The van der Waals surface area contributed by atoms with Crippen LogP contribution in [0.25, 0.3) is 10.9 Å². The van der Waals surface area contributed by atoms with Crippen LogP contribution in [-0.4, -0.2) is 53.0 Å². The van der Waals surface area contributed by atoms with Gasteiger partial charge in [-0.3, -0.25) is 14.2 Å². The van der Waals surface area contributed by atoms with E-state index in [4.69, 9.17) is 14.0 Å². The van der Waals surface area contributed by atoms with Crippen molar-refractivity contribution in [1.82, 2.24) is 9.72 Å². The third-order valence-corrected chi connectivity index (χ3v) is 5.94. The van der Waals surface area contributed by atoms with Crippen LogP contribution in [0.4, 0.5) is 5.69 Å². The van der Waals surface area contributed by atoms with E-state index in [0.29, 0.717) is 28.7 Å². The SMILES string of the molecule is Cc1c(CC(=O)O)c2ccccc2n1C(=O)c1cc(OC[C@@H]2CN(C)c3ccccc3O2)no1. The highest BCUT2D eigenvalue weighted by molar-refractivity contribution is 6.03. The number of aromatic nitrogens is 2. The van der Waals surface area contributed by atoms with Crippen LogP contribution < -0.4 is 14.4 Å². The minimum atomic E-state index is -0.966. The van der Waals surface area contributed by atoms with E-state index in [1.807, 2.05) is 37.4 Å². The smallest absolute Gasteiger partial charge is 0.307 e. The molecule has 2 aromatic heterocycles. The number of rotatable bonds is 6. The minimum absolute atomic E-state index is 0.00671. The van der Waals surface area contributed by atoms with Crippen LogP contribution in [0.15, 0.2) is 59.1 Å². The van der Waals surface area contributed by atoms with Crippen LogP contribution in [0.1, 0.15) is 21.8 Å². The summed E-state index contributed by atoms with van der Waals surface area (Å²) in [5.74, 6) is -0.462. The molecule has 5 rings (SSSR count). The highest BCUT2D eigenvalue weighted by Crippen LogP contribution is 2.32. The number of carboxylic acids is 1. The van der Waals surface area contributed by atoms with Crippen LogP contribution in [-0.2, 0) is 11.2 Å². The molecular formula is C25H23N3O6. The number of likely N-dealkylation sites (N-methyl/N-ethyl adjacent to an activating group) is 1. The lowest BCUT2D eigenvalue weighted by molar-refractivity contribution is -0.136. The van der Waals surface area contributed by atoms with Gasteiger partial charge in [0.05, 0.1) is 30.2 Å². The largest absolute Gasteiger partial charge is 0.483 e. The Balaban J connectivity index is 1.34. The van der Waals surface area contributed by atoms with Gasteiger partial charge in [-0.1, -0.05) is 30.3 Å². The van der Waals surface area contributed by atoms with Gasteiger partial charge in [0, 0.05) is 18.1 Å². The number of hydrogen-bond acceptors (Lipinski definition) is 7. The topological polar surface area (TPSA) is 107 Å². The van der Waals surface area contributed by atoms with E-state index in [1.54, 1.807) is 25.1 Å². The average Bonchev–Trinajstić information content (AvgIpc) is 3.40. The van der Waals surface area contributed by atoms with E-state index in [2.05, 4.69) is 10.1 Å². The van der Waals surface area contributed by atoms with E-state index >= 15 is 0 Å². The van der Waals surface area contributed by atoms with Crippen molar-refractivity contribution in [2.24, 2.45) is 0 Å². The van der Waals surface area contributed by atoms with Crippen molar-refractivity contribution in [2.45, 2.75) is 19.4 Å². The van der Waals surface area contributed by atoms with Crippen LogP contribution in [0.3, 0.4) is 0 Å². The summed E-state index contributed by atoms with van der Waals surface area (Å²) in [5.41, 5.74) is 2.76. The van der Waals surface area contributed by atoms with Gasteiger partial charge in [0.15, 0.2) is 6.10 Å². The Bertz CT molecular complexity index is 1390. The van der Waals surface area contributed by atoms with E-state index in [1.165, 1.54) is 10.6 Å². The zero-order chi connectivity index (χ0) is 23.8. The van der Waals surface area contributed by atoms with Crippen molar-refractivity contribution in [3.8, 4) is 11.6 Å². The van der Waals surface area contributed by atoms with Crippen LogP contribution in [0.5, 0.6) is 11.6 Å². The van der Waals surface area contributed by atoms with Gasteiger partial charge in [-0.2, -0.15) is 0 Å². The van der Waals surface area contributed by atoms with E-state index in [-0.39, 0.29) is 30.8 Å². The number of carboxylic acid groups (broad SMARTS) is 1.